The molecule has 6 aromatic rings. The summed E-state index contributed by atoms with van der Waals surface area (Å²) >= 11 is 14.5. The number of aliphatic hydroxyl groups is 2. The van der Waals surface area contributed by atoms with E-state index in [1.165, 1.54) is 0 Å². The van der Waals surface area contributed by atoms with Crippen LogP contribution in [0.3, 0.4) is 0 Å². The highest BCUT2D eigenvalue weighted by atomic mass is 79.9. The molecule has 2 N–H and O–H groups in total. The maximum atomic E-state index is 12.6. The molecule has 0 aliphatic carbocycles. The van der Waals surface area contributed by atoms with E-state index in [9.17, 15) is 19.8 Å². The van der Waals surface area contributed by atoms with Crippen LogP contribution in [0, 0.1) is 0 Å². The second kappa shape index (κ2) is 18.0. The van der Waals surface area contributed by atoms with E-state index in [0.29, 0.717) is 40.5 Å². The summed E-state index contributed by atoms with van der Waals surface area (Å²) in [6.45, 7) is 3.50. The van der Waals surface area contributed by atoms with Crippen LogP contribution in [0.25, 0.3) is 21.5 Å². The Morgan fingerprint density at radius 2 is 0.873 bits per heavy atom. The maximum Gasteiger partial charge on any atom is 0.338 e. The first kappa shape index (κ1) is 40.9. The summed E-state index contributed by atoms with van der Waals surface area (Å²) in [5, 5.41) is 25.0. The maximum absolute atomic E-state index is 12.6. The van der Waals surface area contributed by atoms with Gasteiger partial charge in [0.15, 0.2) is 0 Å². The lowest BCUT2D eigenvalue weighted by molar-refractivity contribution is 0.0126. The quantitative estimate of drug-likeness (QED) is 0.104. The Bertz CT molecular complexity index is 2150. The monoisotopic (exact) mass is 996 g/mol. The summed E-state index contributed by atoms with van der Waals surface area (Å²) in [7, 11) is 0. The number of benzene rings is 6. The molecule has 0 aromatic heterocycles. The van der Waals surface area contributed by atoms with Gasteiger partial charge in [0.2, 0.25) is 0 Å². The molecule has 0 fully saturated rings. The van der Waals surface area contributed by atoms with Crippen LogP contribution in [0.1, 0.15) is 45.7 Å². The topological polar surface area (TPSA) is 112 Å². The molecule has 2 atom stereocenters. The Balaban J connectivity index is 1.02. The minimum absolute atomic E-state index is 0.103. The Hall–Kier alpha value is -3.78. The summed E-state index contributed by atoms with van der Waals surface area (Å²) < 4.78 is 25.3. The third-order valence-corrected chi connectivity index (χ3v) is 11.4. The summed E-state index contributed by atoms with van der Waals surface area (Å²) in [6, 6.07) is 33.9. The van der Waals surface area contributed by atoms with Crippen LogP contribution in [-0.4, -0.2) is 60.8 Å². The molecule has 284 valence electrons. The Kier molecular flexibility index (Phi) is 13.4. The molecule has 0 saturated carbocycles. The molecule has 0 aliphatic rings. The Morgan fingerprint density at radius 3 is 1.24 bits per heavy atom. The normalized spacial score (nSPS) is 12.7. The standard InChI is InChI=1S/C43H36Br4O8/c1-43(2,31-17-35(44)39(36(45)18-31)52-21-33(48)23-54-41(50)29-13-11-25-7-3-5-9-27(25)15-29)32-19-37(46)40(38(47)20-32)53-22-34(49)24-55-42(51)30-14-12-26-8-4-6-10-28(26)16-30/h3-20,33-34,48-49H,21-24H2,1-2H3. The lowest BCUT2D eigenvalue weighted by atomic mass is 9.78. The van der Waals surface area contributed by atoms with E-state index in [0.717, 1.165) is 32.7 Å². The van der Waals surface area contributed by atoms with Crippen LogP contribution in [0.15, 0.2) is 127 Å². The van der Waals surface area contributed by atoms with Crippen molar-refractivity contribution < 1.29 is 38.7 Å². The van der Waals surface area contributed by atoms with Gasteiger partial charge in [0.25, 0.3) is 0 Å². The first-order valence-electron chi connectivity index (χ1n) is 17.2. The second-order valence-corrected chi connectivity index (χ2v) is 16.8. The highest BCUT2D eigenvalue weighted by Gasteiger charge is 2.28. The van der Waals surface area contributed by atoms with Gasteiger partial charge in [-0.1, -0.05) is 74.5 Å². The summed E-state index contributed by atoms with van der Waals surface area (Å²) in [6.07, 6.45) is -2.11. The zero-order chi connectivity index (χ0) is 39.3. The number of carbonyl (C=O) groups excluding carboxylic acids is 2. The van der Waals surface area contributed by atoms with Gasteiger partial charge in [-0.25, -0.2) is 9.59 Å². The molecule has 55 heavy (non-hydrogen) atoms. The van der Waals surface area contributed by atoms with Gasteiger partial charge < -0.3 is 29.2 Å². The van der Waals surface area contributed by atoms with Gasteiger partial charge >= 0.3 is 11.9 Å². The van der Waals surface area contributed by atoms with Gasteiger partial charge in [0.05, 0.1) is 29.0 Å². The molecule has 8 nitrogen and oxygen atoms in total. The number of halogens is 4. The fraction of sp³-hybridized carbons (Fsp3) is 0.209. The Morgan fingerprint density at radius 1 is 0.527 bits per heavy atom. The molecule has 0 aliphatic heterocycles. The van der Waals surface area contributed by atoms with Crippen molar-refractivity contribution >= 4 is 97.2 Å². The molecule has 0 spiro atoms. The van der Waals surface area contributed by atoms with Crippen molar-refractivity contribution in [3.05, 3.63) is 149 Å². The summed E-state index contributed by atoms with van der Waals surface area (Å²) in [5.74, 6) is -0.0608. The number of esters is 2. The third-order valence-electron chi connectivity index (χ3n) is 9.06. The van der Waals surface area contributed by atoms with Crippen molar-refractivity contribution in [3.63, 3.8) is 0 Å². The molecule has 0 bridgehead atoms. The van der Waals surface area contributed by atoms with Crippen LogP contribution >= 0.6 is 63.7 Å². The van der Waals surface area contributed by atoms with Crippen LogP contribution in [0.4, 0.5) is 0 Å². The third kappa shape index (κ3) is 9.97. The Labute approximate surface area is 352 Å². The first-order valence-corrected chi connectivity index (χ1v) is 20.4. The molecule has 6 aromatic carbocycles. The molecule has 12 heteroatoms. The number of hydrogen-bond acceptors (Lipinski definition) is 8. The van der Waals surface area contributed by atoms with Crippen LogP contribution in [0.2, 0.25) is 0 Å². The van der Waals surface area contributed by atoms with Crippen molar-refractivity contribution in [1.29, 1.82) is 0 Å². The predicted octanol–water partition coefficient (Wildman–Crippen LogP) is 10.6. The lowest BCUT2D eigenvalue weighted by Crippen LogP contribution is -2.26. The van der Waals surface area contributed by atoms with E-state index in [2.05, 4.69) is 77.6 Å². The predicted molar refractivity (Wildman–Crippen MR) is 227 cm³/mol. The van der Waals surface area contributed by atoms with E-state index in [4.69, 9.17) is 18.9 Å². The van der Waals surface area contributed by atoms with Crippen molar-refractivity contribution in [2.24, 2.45) is 0 Å². The zero-order valence-electron chi connectivity index (χ0n) is 29.7. The number of ether oxygens (including phenoxy) is 4. The van der Waals surface area contributed by atoms with Gasteiger partial charge in [0, 0.05) is 5.41 Å². The van der Waals surface area contributed by atoms with Gasteiger partial charge in [-0.3, -0.25) is 0 Å². The minimum Gasteiger partial charge on any atom is -0.488 e. The molecule has 0 radical (unpaired) electrons. The zero-order valence-corrected chi connectivity index (χ0v) is 36.1. The smallest absolute Gasteiger partial charge is 0.338 e. The number of carbonyl (C=O) groups is 2. The van der Waals surface area contributed by atoms with Crippen molar-refractivity contribution in [2.45, 2.75) is 31.5 Å². The fourth-order valence-electron chi connectivity index (χ4n) is 5.88. The second-order valence-electron chi connectivity index (χ2n) is 13.4. The average molecular weight is 1000 g/mol. The van der Waals surface area contributed by atoms with Crippen molar-refractivity contribution in [3.8, 4) is 11.5 Å². The highest BCUT2D eigenvalue weighted by molar-refractivity contribution is 9.11. The lowest BCUT2D eigenvalue weighted by Gasteiger charge is -2.28. The molecule has 0 heterocycles. The molecule has 2 unspecified atom stereocenters. The molecule has 6 rings (SSSR count). The van der Waals surface area contributed by atoms with Crippen molar-refractivity contribution in [1.82, 2.24) is 0 Å². The van der Waals surface area contributed by atoms with E-state index in [1.807, 2.05) is 84.9 Å². The largest absolute Gasteiger partial charge is 0.488 e. The SMILES string of the molecule is CC(C)(c1cc(Br)c(OCC(O)COC(=O)c2ccc3ccccc3c2)c(Br)c1)c1cc(Br)c(OCC(O)COC(=O)c2ccc3ccccc3c2)c(Br)c1. The minimum atomic E-state index is -1.05. The van der Waals surface area contributed by atoms with Gasteiger partial charge in [-0.15, -0.1) is 0 Å². The van der Waals surface area contributed by atoms with Crippen LogP contribution < -0.4 is 9.47 Å². The first-order chi connectivity index (χ1) is 26.3. The van der Waals surface area contributed by atoms with E-state index < -0.39 is 29.6 Å². The number of fused-ring (bicyclic) bond motifs is 2. The molecular weight excluding hydrogens is 964 g/mol. The van der Waals surface area contributed by atoms with E-state index in [-0.39, 0.29) is 26.4 Å². The molecular formula is C43H36Br4O8. The molecule has 0 saturated heterocycles. The van der Waals surface area contributed by atoms with Gasteiger partial charge in [0.1, 0.15) is 50.1 Å². The van der Waals surface area contributed by atoms with Gasteiger partial charge in [-0.2, -0.15) is 0 Å². The van der Waals surface area contributed by atoms with Crippen LogP contribution in [-0.2, 0) is 14.9 Å². The number of hydrogen-bond donors (Lipinski definition) is 2. The van der Waals surface area contributed by atoms with E-state index in [1.54, 1.807) is 24.3 Å². The van der Waals surface area contributed by atoms with Crippen LogP contribution in [0.5, 0.6) is 11.5 Å². The average Bonchev–Trinajstić information content (AvgIpc) is 3.17. The number of rotatable bonds is 14. The fourth-order valence-corrected chi connectivity index (χ4v) is 8.71. The molecule has 0 amide bonds. The number of aliphatic hydroxyl groups excluding tert-OH is 2. The van der Waals surface area contributed by atoms with Gasteiger partial charge in [-0.05, 0) is 145 Å². The summed E-state index contributed by atoms with van der Waals surface area (Å²) in [4.78, 5) is 25.3. The van der Waals surface area contributed by atoms with Crippen molar-refractivity contribution in [2.75, 3.05) is 26.4 Å². The van der Waals surface area contributed by atoms with E-state index >= 15 is 0 Å². The summed E-state index contributed by atoms with van der Waals surface area (Å²) in [5.41, 5.74) is 2.23. The highest BCUT2D eigenvalue weighted by Crippen LogP contribution is 2.44.